The van der Waals surface area contributed by atoms with E-state index in [-0.39, 0.29) is 5.97 Å². The first-order valence-electron chi connectivity index (χ1n) is 4.78. The van der Waals surface area contributed by atoms with E-state index in [9.17, 15) is 9.59 Å². The summed E-state index contributed by atoms with van der Waals surface area (Å²) in [5.74, 6) is -0.389. The summed E-state index contributed by atoms with van der Waals surface area (Å²) >= 11 is 5.29. The van der Waals surface area contributed by atoms with Crippen molar-refractivity contribution in [3.63, 3.8) is 0 Å². The lowest BCUT2D eigenvalue weighted by molar-refractivity contribution is -0.137. The summed E-state index contributed by atoms with van der Waals surface area (Å²) in [7, 11) is 0. The van der Waals surface area contributed by atoms with Gasteiger partial charge in [-0.15, -0.1) is 0 Å². The Bertz CT molecular complexity index is 407. The van der Waals surface area contributed by atoms with E-state index in [1.807, 2.05) is 0 Å². The Morgan fingerprint density at radius 3 is 2.44 bits per heavy atom. The molecule has 0 saturated heterocycles. The smallest absolute Gasteiger partial charge is 0.330 e. The average Bonchev–Trinajstić information content (AvgIpc) is 2.27. The molecule has 84 valence electrons. The second-order valence-electron chi connectivity index (χ2n) is 2.98. The lowest BCUT2D eigenvalue weighted by Crippen LogP contribution is -1.98. The maximum atomic E-state index is 11.0. The van der Waals surface area contributed by atoms with Crippen molar-refractivity contribution in [2.24, 2.45) is 0 Å². The SMILES string of the molecule is CCOC(=O)C=Cc1ccc(C(=O)Cl)cc1. The molecule has 0 amide bonds. The van der Waals surface area contributed by atoms with Gasteiger partial charge in [-0.25, -0.2) is 4.79 Å². The quantitative estimate of drug-likeness (QED) is 0.460. The summed E-state index contributed by atoms with van der Waals surface area (Å²) in [6.07, 6.45) is 2.95. The van der Waals surface area contributed by atoms with Gasteiger partial charge in [-0.2, -0.15) is 0 Å². The van der Waals surface area contributed by atoms with Crippen LogP contribution in [0, 0.1) is 0 Å². The van der Waals surface area contributed by atoms with Gasteiger partial charge in [-0.3, -0.25) is 4.79 Å². The second-order valence-corrected chi connectivity index (χ2v) is 3.32. The molecule has 0 heterocycles. The Kier molecular flexibility index (Phi) is 4.73. The highest BCUT2D eigenvalue weighted by molar-refractivity contribution is 6.67. The third-order valence-electron chi connectivity index (χ3n) is 1.84. The zero-order chi connectivity index (χ0) is 12.0. The van der Waals surface area contributed by atoms with E-state index in [1.54, 1.807) is 37.3 Å². The van der Waals surface area contributed by atoms with Crippen LogP contribution < -0.4 is 0 Å². The molecular weight excluding hydrogens is 228 g/mol. The summed E-state index contributed by atoms with van der Waals surface area (Å²) in [5.41, 5.74) is 1.23. The Hall–Kier alpha value is -1.61. The molecule has 0 radical (unpaired) electrons. The second kappa shape index (κ2) is 6.08. The molecule has 0 spiro atoms. The Balaban J connectivity index is 2.68. The van der Waals surface area contributed by atoms with Crippen molar-refractivity contribution in [2.45, 2.75) is 6.92 Å². The van der Waals surface area contributed by atoms with Crippen LogP contribution in [0.25, 0.3) is 6.08 Å². The minimum atomic E-state index is -0.499. The van der Waals surface area contributed by atoms with E-state index < -0.39 is 5.24 Å². The predicted octanol–water partition coefficient (Wildman–Crippen LogP) is 2.64. The molecule has 0 unspecified atom stereocenters. The fraction of sp³-hybridized carbons (Fsp3) is 0.167. The van der Waals surface area contributed by atoms with Crippen molar-refractivity contribution in [3.8, 4) is 0 Å². The molecule has 0 aliphatic rings. The molecule has 0 atom stereocenters. The van der Waals surface area contributed by atoms with Crippen molar-refractivity contribution >= 4 is 28.9 Å². The van der Waals surface area contributed by atoms with Crippen LogP contribution in [-0.2, 0) is 9.53 Å². The van der Waals surface area contributed by atoms with Crippen LogP contribution >= 0.6 is 11.6 Å². The van der Waals surface area contributed by atoms with Crippen molar-refractivity contribution in [1.82, 2.24) is 0 Å². The van der Waals surface area contributed by atoms with Crippen LogP contribution in [-0.4, -0.2) is 17.8 Å². The molecule has 0 aliphatic carbocycles. The van der Waals surface area contributed by atoms with E-state index in [0.717, 1.165) is 5.56 Å². The largest absolute Gasteiger partial charge is 0.463 e. The van der Waals surface area contributed by atoms with Gasteiger partial charge in [0.25, 0.3) is 5.24 Å². The standard InChI is InChI=1S/C12H11ClO3/c1-2-16-11(14)8-5-9-3-6-10(7-4-9)12(13)15/h3-8H,2H2,1H3. The lowest BCUT2D eigenvalue weighted by Gasteiger charge is -1.96. The molecule has 4 heteroatoms. The van der Waals surface area contributed by atoms with Gasteiger partial charge in [0.05, 0.1) is 6.61 Å². The summed E-state index contributed by atoms with van der Waals surface area (Å²) in [6.45, 7) is 2.09. The molecule has 0 fully saturated rings. The predicted molar refractivity (Wildman–Crippen MR) is 62.3 cm³/mol. The van der Waals surface area contributed by atoms with Gasteiger partial charge in [0.2, 0.25) is 0 Å². The Morgan fingerprint density at radius 2 is 1.94 bits per heavy atom. The zero-order valence-corrected chi connectivity index (χ0v) is 9.53. The summed E-state index contributed by atoms with van der Waals surface area (Å²) in [5, 5.41) is -0.499. The normalized spacial score (nSPS) is 10.4. The highest BCUT2D eigenvalue weighted by Gasteiger charge is 1.99. The van der Waals surface area contributed by atoms with Crippen LogP contribution in [0.1, 0.15) is 22.8 Å². The molecule has 0 aliphatic heterocycles. The van der Waals surface area contributed by atoms with E-state index >= 15 is 0 Å². The number of carbonyl (C=O) groups excluding carboxylic acids is 2. The fourth-order valence-electron chi connectivity index (χ4n) is 1.08. The van der Waals surface area contributed by atoms with Crippen LogP contribution in [0.4, 0.5) is 0 Å². The average molecular weight is 239 g/mol. The van der Waals surface area contributed by atoms with Crippen molar-refractivity contribution < 1.29 is 14.3 Å². The van der Waals surface area contributed by atoms with Crippen molar-refractivity contribution in [1.29, 1.82) is 0 Å². The van der Waals surface area contributed by atoms with Gasteiger partial charge in [-0.05, 0) is 42.3 Å². The number of ether oxygens (including phenoxy) is 1. The van der Waals surface area contributed by atoms with Gasteiger partial charge in [0, 0.05) is 11.6 Å². The first-order chi connectivity index (χ1) is 7.63. The number of hydrogen-bond donors (Lipinski definition) is 0. The number of benzene rings is 1. The molecule has 0 saturated carbocycles. The monoisotopic (exact) mass is 238 g/mol. The fourth-order valence-corrected chi connectivity index (χ4v) is 1.21. The molecule has 0 aromatic heterocycles. The van der Waals surface area contributed by atoms with Crippen LogP contribution in [0.3, 0.4) is 0 Å². The van der Waals surface area contributed by atoms with E-state index in [2.05, 4.69) is 0 Å². The highest BCUT2D eigenvalue weighted by Crippen LogP contribution is 2.08. The zero-order valence-electron chi connectivity index (χ0n) is 8.77. The molecular formula is C12H11ClO3. The van der Waals surface area contributed by atoms with E-state index in [0.29, 0.717) is 12.2 Å². The molecule has 1 aromatic carbocycles. The number of carbonyl (C=O) groups is 2. The van der Waals surface area contributed by atoms with Gasteiger partial charge < -0.3 is 4.74 Å². The third-order valence-corrected chi connectivity index (χ3v) is 2.05. The molecule has 0 bridgehead atoms. The minimum absolute atomic E-state index is 0.350. The lowest BCUT2D eigenvalue weighted by atomic mass is 10.1. The molecule has 3 nitrogen and oxygen atoms in total. The molecule has 0 N–H and O–H groups in total. The first-order valence-corrected chi connectivity index (χ1v) is 5.16. The Labute approximate surface area is 98.7 Å². The minimum Gasteiger partial charge on any atom is -0.463 e. The summed E-state index contributed by atoms with van der Waals surface area (Å²) in [4.78, 5) is 21.8. The number of rotatable bonds is 4. The maximum absolute atomic E-state index is 11.0. The highest BCUT2D eigenvalue weighted by atomic mass is 35.5. The molecule has 1 rings (SSSR count). The first kappa shape index (κ1) is 12.5. The van der Waals surface area contributed by atoms with E-state index in [4.69, 9.17) is 16.3 Å². The van der Waals surface area contributed by atoms with Gasteiger partial charge >= 0.3 is 5.97 Å². The number of esters is 1. The molecule has 16 heavy (non-hydrogen) atoms. The van der Waals surface area contributed by atoms with Crippen LogP contribution in [0.2, 0.25) is 0 Å². The summed E-state index contributed by atoms with van der Waals surface area (Å²) < 4.78 is 4.72. The van der Waals surface area contributed by atoms with Crippen LogP contribution in [0.15, 0.2) is 30.3 Å². The van der Waals surface area contributed by atoms with Crippen molar-refractivity contribution in [3.05, 3.63) is 41.5 Å². The van der Waals surface area contributed by atoms with Gasteiger partial charge in [0.15, 0.2) is 0 Å². The third kappa shape index (κ3) is 3.87. The molecule has 1 aromatic rings. The van der Waals surface area contributed by atoms with E-state index in [1.165, 1.54) is 6.08 Å². The van der Waals surface area contributed by atoms with Crippen LogP contribution in [0.5, 0.6) is 0 Å². The number of hydrogen-bond acceptors (Lipinski definition) is 3. The Morgan fingerprint density at radius 1 is 1.31 bits per heavy atom. The summed E-state index contributed by atoms with van der Waals surface area (Å²) in [6, 6.07) is 6.59. The van der Waals surface area contributed by atoms with Gasteiger partial charge in [-0.1, -0.05) is 12.1 Å². The van der Waals surface area contributed by atoms with Crippen molar-refractivity contribution in [2.75, 3.05) is 6.61 Å². The van der Waals surface area contributed by atoms with Gasteiger partial charge in [0.1, 0.15) is 0 Å². The number of halogens is 1. The maximum Gasteiger partial charge on any atom is 0.330 e. The topological polar surface area (TPSA) is 43.4 Å².